The SMILES string of the molecule is CC12CCC3C(=CCC4=CC(=O)CCC43)C1CCC2CCBr. The Morgan fingerprint density at radius 3 is 2.91 bits per heavy atom. The molecule has 0 spiro atoms. The fraction of sp³-hybridized carbons (Fsp3) is 0.750. The van der Waals surface area contributed by atoms with Crippen LogP contribution in [0.3, 0.4) is 0 Å². The van der Waals surface area contributed by atoms with Crippen molar-refractivity contribution in [1.82, 2.24) is 0 Å². The largest absolute Gasteiger partial charge is 0.295 e. The van der Waals surface area contributed by atoms with Crippen LogP contribution in [-0.4, -0.2) is 11.1 Å². The number of halogens is 1. The first-order valence-corrected chi connectivity index (χ1v) is 10.2. The van der Waals surface area contributed by atoms with Crippen molar-refractivity contribution in [3.63, 3.8) is 0 Å². The first-order valence-electron chi connectivity index (χ1n) is 9.12. The van der Waals surface area contributed by atoms with E-state index in [0.717, 1.165) is 42.3 Å². The monoisotopic (exact) mass is 362 g/mol. The number of fused-ring (bicyclic) bond motifs is 5. The van der Waals surface area contributed by atoms with Crippen LogP contribution in [0.4, 0.5) is 0 Å². The van der Waals surface area contributed by atoms with Gasteiger partial charge in [0, 0.05) is 11.8 Å². The molecule has 0 heterocycles. The summed E-state index contributed by atoms with van der Waals surface area (Å²) >= 11 is 3.67. The molecule has 5 atom stereocenters. The molecule has 4 aliphatic carbocycles. The highest BCUT2D eigenvalue weighted by atomic mass is 79.9. The molecule has 22 heavy (non-hydrogen) atoms. The minimum Gasteiger partial charge on any atom is -0.295 e. The van der Waals surface area contributed by atoms with Gasteiger partial charge in [-0.1, -0.05) is 40.1 Å². The van der Waals surface area contributed by atoms with Gasteiger partial charge in [0.2, 0.25) is 0 Å². The zero-order valence-electron chi connectivity index (χ0n) is 13.6. The van der Waals surface area contributed by atoms with Crippen LogP contribution in [0.2, 0.25) is 0 Å². The summed E-state index contributed by atoms with van der Waals surface area (Å²) in [4.78, 5) is 11.7. The lowest BCUT2D eigenvalue weighted by molar-refractivity contribution is -0.115. The molecule has 4 aliphatic rings. The Balaban J connectivity index is 1.64. The molecule has 0 aliphatic heterocycles. The average molecular weight is 363 g/mol. The Morgan fingerprint density at radius 2 is 2.09 bits per heavy atom. The van der Waals surface area contributed by atoms with Gasteiger partial charge in [0.05, 0.1) is 0 Å². The summed E-state index contributed by atoms with van der Waals surface area (Å²) in [5.74, 6) is 3.55. The molecule has 0 N–H and O–H groups in total. The third-order valence-corrected chi connectivity index (χ3v) is 7.86. The molecule has 0 bridgehead atoms. The first-order chi connectivity index (χ1) is 10.6. The smallest absolute Gasteiger partial charge is 0.155 e. The fourth-order valence-corrected chi connectivity index (χ4v) is 6.79. The highest BCUT2D eigenvalue weighted by Crippen LogP contribution is 2.62. The number of allylic oxidation sites excluding steroid dienone is 4. The lowest BCUT2D eigenvalue weighted by Crippen LogP contribution is -2.41. The molecule has 2 saturated carbocycles. The number of ketones is 1. The minimum atomic E-state index is 0.363. The third kappa shape index (κ3) is 2.20. The van der Waals surface area contributed by atoms with Crippen LogP contribution < -0.4 is 0 Å². The summed E-state index contributed by atoms with van der Waals surface area (Å²) < 4.78 is 0. The molecule has 4 rings (SSSR count). The van der Waals surface area contributed by atoms with Gasteiger partial charge in [-0.3, -0.25) is 4.79 Å². The number of rotatable bonds is 2. The number of alkyl halides is 1. The third-order valence-electron chi connectivity index (χ3n) is 7.40. The molecule has 1 nitrogen and oxygen atoms in total. The molecule has 2 fully saturated rings. The van der Waals surface area contributed by atoms with Gasteiger partial charge in [-0.25, -0.2) is 0 Å². The van der Waals surface area contributed by atoms with Crippen LogP contribution in [0.25, 0.3) is 0 Å². The average Bonchev–Trinajstić information content (AvgIpc) is 2.84. The number of hydrogen-bond donors (Lipinski definition) is 0. The van der Waals surface area contributed by atoms with Crippen molar-refractivity contribution in [3.8, 4) is 0 Å². The van der Waals surface area contributed by atoms with E-state index in [-0.39, 0.29) is 0 Å². The maximum Gasteiger partial charge on any atom is 0.155 e. The second kappa shape index (κ2) is 5.61. The van der Waals surface area contributed by atoms with E-state index in [1.54, 1.807) is 5.57 Å². The van der Waals surface area contributed by atoms with Crippen molar-refractivity contribution in [2.75, 3.05) is 5.33 Å². The van der Waals surface area contributed by atoms with Gasteiger partial charge in [0.1, 0.15) is 0 Å². The van der Waals surface area contributed by atoms with Gasteiger partial charge in [0.15, 0.2) is 5.78 Å². The van der Waals surface area contributed by atoms with E-state index < -0.39 is 0 Å². The molecule has 0 aromatic carbocycles. The normalized spacial score (nSPS) is 43.8. The first kappa shape index (κ1) is 15.2. The predicted octanol–water partition coefficient (Wildman–Crippen LogP) is 5.45. The Kier molecular flexibility index (Phi) is 3.87. The molecule has 2 heteroatoms. The molecule has 0 saturated heterocycles. The Morgan fingerprint density at radius 1 is 1.23 bits per heavy atom. The highest BCUT2D eigenvalue weighted by molar-refractivity contribution is 9.09. The predicted molar refractivity (Wildman–Crippen MR) is 94.0 cm³/mol. The zero-order valence-corrected chi connectivity index (χ0v) is 15.2. The topological polar surface area (TPSA) is 17.1 Å². The van der Waals surface area contributed by atoms with Crippen molar-refractivity contribution in [2.24, 2.45) is 29.1 Å². The van der Waals surface area contributed by atoms with Crippen LogP contribution >= 0.6 is 15.9 Å². The zero-order chi connectivity index (χ0) is 15.3. The minimum absolute atomic E-state index is 0.363. The summed E-state index contributed by atoms with van der Waals surface area (Å²) in [5, 5.41) is 1.15. The molecular weight excluding hydrogens is 336 g/mol. The second-order valence-corrected chi connectivity index (χ2v) is 8.99. The van der Waals surface area contributed by atoms with E-state index in [1.165, 1.54) is 37.7 Å². The van der Waals surface area contributed by atoms with Gasteiger partial charge in [-0.2, -0.15) is 0 Å². The van der Waals surface area contributed by atoms with E-state index in [9.17, 15) is 4.79 Å². The van der Waals surface area contributed by atoms with Crippen molar-refractivity contribution in [2.45, 2.75) is 58.3 Å². The van der Waals surface area contributed by atoms with Gasteiger partial charge in [-0.15, -0.1) is 0 Å². The molecule has 0 radical (unpaired) electrons. The van der Waals surface area contributed by atoms with Crippen LogP contribution in [0.15, 0.2) is 23.3 Å². The fourth-order valence-electron chi connectivity index (χ4n) is 6.24. The molecule has 0 aromatic rings. The Hall–Kier alpha value is -0.370. The van der Waals surface area contributed by atoms with Crippen molar-refractivity contribution >= 4 is 21.7 Å². The Bertz CT molecular complexity index is 546. The molecule has 5 unspecified atom stereocenters. The summed E-state index contributed by atoms with van der Waals surface area (Å²) in [7, 11) is 0. The van der Waals surface area contributed by atoms with E-state index in [2.05, 4.69) is 28.9 Å². The lowest BCUT2D eigenvalue weighted by atomic mass is 9.55. The molecular formula is C20H27BrO. The number of carbonyl (C=O) groups excluding carboxylic acids is 1. The van der Waals surface area contributed by atoms with Crippen LogP contribution in [0, 0.1) is 29.1 Å². The van der Waals surface area contributed by atoms with Gasteiger partial charge in [-0.05, 0) is 80.1 Å². The van der Waals surface area contributed by atoms with Crippen molar-refractivity contribution in [1.29, 1.82) is 0 Å². The van der Waals surface area contributed by atoms with Gasteiger partial charge < -0.3 is 0 Å². The maximum absolute atomic E-state index is 11.7. The molecule has 120 valence electrons. The van der Waals surface area contributed by atoms with E-state index >= 15 is 0 Å². The highest BCUT2D eigenvalue weighted by Gasteiger charge is 2.53. The summed E-state index contributed by atoms with van der Waals surface area (Å²) in [5.41, 5.74) is 3.79. The van der Waals surface area contributed by atoms with Gasteiger partial charge >= 0.3 is 0 Å². The van der Waals surface area contributed by atoms with E-state index in [0.29, 0.717) is 17.1 Å². The Labute approximate surface area is 142 Å². The van der Waals surface area contributed by atoms with Crippen molar-refractivity contribution in [3.05, 3.63) is 23.3 Å². The van der Waals surface area contributed by atoms with Crippen LogP contribution in [0.1, 0.15) is 58.3 Å². The summed E-state index contributed by atoms with van der Waals surface area (Å²) in [6, 6.07) is 0. The standard InChI is InChI=1S/C20H27BrO/c1-20-10-8-17-16-6-4-15(22)12-13(16)2-5-18(17)19(20)7-3-14(20)9-11-21/h5,12,14,16-17,19H,2-4,6-11H2,1H3. The van der Waals surface area contributed by atoms with Crippen LogP contribution in [-0.2, 0) is 4.79 Å². The molecule has 0 aromatic heterocycles. The van der Waals surface area contributed by atoms with E-state index in [1.807, 2.05) is 6.08 Å². The van der Waals surface area contributed by atoms with Crippen LogP contribution in [0.5, 0.6) is 0 Å². The van der Waals surface area contributed by atoms with E-state index in [4.69, 9.17) is 0 Å². The second-order valence-electron chi connectivity index (χ2n) is 8.19. The lowest BCUT2D eigenvalue weighted by Gasteiger charge is -2.50. The maximum atomic E-state index is 11.7. The number of carbonyl (C=O) groups is 1. The van der Waals surface area contributed by atoms with Crippen molar-refractivity contribution < 1.29 is 4.79 Å². The van der Waals surface area contributed by atoms with Gasteiger partial charge in [0.25, 0.3) is 0 Å². The quantitative estimate of drug-likeness (QED) is 0.471. The summed E-state index contributed by atoms with van der Waals surface area (Å²) in [6.07, 6.45) is 14.4. The summed E-state index contributed by atoms with van der Waals surface area (Å²) in [6.45, 7) is 2.57. The molecule has 0 amide bonds. The number of hydrogen-bond acceptors (Lipinski definition) is 1.